The average molecular weight is 549 g/mol. The topological polar surface area (TPSA) is 97.8 Å². The Labute approximate surface area is 228 Å². The van der Waals surface area contributed by atoms with Crippen LogP contribution in [0.5, 0.6) is 17.2 Å². The van der Waals surface area contributed by atoms with Gasteiger partial charge in [-0.3, -0.25) is 4.98 Å². The van der Waals surface area contributed by atoms with Gasteiger partial charge >= 0.3 is 0 Å². The summed E-state index contributed by atoms with van der Waals surface area (Å²) in [5.41, 5.74) is 2.33. The third-order valence-corrected chi connectivity index (χ3v) is 7.08. The van der Waals surface area contributed by atoms with Crippen LogP contribution in [0.1, 0.15) is 41.9 Å². The molecule has 1 saturated carbocycles. The second kappa shape index (κ2) is 10.3. The smallest absolute Gasteiger partial charge is 0.182 e. The molecule has 1 aliphatic rings. The minimum absolute atomic E-state index is 0.237. The normalized spacial score (nSPS) is 13.3. The Morgan fingerprint density at radius 2 is 1.66 bits per heavy atom. The van der Waals surface area contributed by atoms with Gasteiger partial charge < -0.3 is 24.2 Å². The first-order valence-corrected chi connectivity index (χ1v) is 12.8. The van der Waals surface area contributed by atoms with Crippen LogP contribution in [-0.2, 0) is 6.61 Å². The molecule has 38 heavy (non-hydrogen) atoms. The molecule has 2 heterocycles. The lowest BCUT2D eigenvalue weighted by molar-refractivity contribution is -0.0437. The van der Waals surface area contributed by atoms with Gasteiger partial charge in [0.2, 0.25) is 0 Å². The number of nitrogens with zero attached hydrogens (tertiary/aromatic N) is 2. The fourth-order valence-electron chi connectivity index (χ4n) is 4.38. The molecule has 192 valence electrons. The molecule has 3 aromatic carbocycles. The van der Waals surface area contributed by atoms with Gasteiger partial charge in [-0.05, 0) is 66.1 Å². The molecule has 1 aliphatic carbocycles. The predicted molar refractivity (Wildman–Crippen MR) is 144 cm³/mol. The Hall–Kier alpha value is -3.62. The minimum Gasteiger partial charge on any atom is -0.489 e. The number of aliphatic hydroxyl groups excluding tert-OH is 1. The van der Waals surface area contributed by atoms with Crippen molar-refractivity contribution < 1.29 is 24.2 Å². The Bertz CT molecular complexity index is 1610. The van der Waals surface area contributed by atoms with E-state index in [4.69, 9.17) is 37.2 Å². The minimum atomic E-state index is -1.66. The van der Waals surface area contributed by atoms with E-state index < -0.39 is 6.29 Å². The molecule has 0 saturated heterocycles. The van der Waals surface area contributed by atoms with Crippen LogP contribution < -0.4 is 9.47 Å². The molecule has 0 radical (unpaired) electrons. The van der Waals surface area contributed by atoms with E-state index in [0.29, 0.717) is 38.7 Å². The second-order valence-electron chi connectivity index (χ2n) is 9.09. The maximum Gasteiger partial charge on any atom is 0.182 e. The van der Waals surface area contributed by atoms with Crippen LogP contribution in [-0.4, -0.2) is 20.4 Å². The van der Waals surface area contributed by atoms with E-state index in [1.807, 2.05) is 30.3 Å². The number of halogens is 2. The van der Waals surface area contributed by atoms with E-state index in [0.717, 1.165) is 34.9 Å². The quantitative estimate of drug-likeness (QED) is 0.194. The van der Waals surface area contributed by atoms with Crippen LogP contribution in [0.3, 0.4) is 0 Å². The Morgan fingerprint density at radius 1 is 0.947 bits per heavy atom. The Balaban J connectivity index is 1.24. The highest BCUT2D eigenvalue weighted by atomic mass is 35.5. The maximum atomic E-state index is 9.57. The molecule has 9 heteroatoms. The monoisotopic (exact) mass is 548 g/mol. The summed E-state index contributed by atoms with van der Waals surface area (Å²) in [6.45, 7) is 0.256. The summed E-state index contributed by atoms with van der Waals surface area (Å²) < 4.78 is 17.8. The van der Waals surface area contributed by atoms with Crippen molar-refractivity contribution in [3.63, 3.8) is 0 Å². The number of hydrogen-bond donors (Lipinski definition) is 2. The summed E-state index contributed by atoms with van der Waals surface area (Å²) in [7, 11) is 0. The highest BCUT2D eigenvalue weighted by Crippen LogP contribution is 2.46. The van der Waals surface area contributed by atoms with Gasteiger partial charge in [-0.1, -0.05) is 46.6 Å². The van der Waals surface area contributed by atoms with Crippen LogP contribution in [0.2, 0.25) is 10.0 Å². The number of pyridine rings is 1. The molecule has 6 rings (SSSR count). The number of fused-ring (bicyclic) bond motifs is 1. The summed E-state index contributed by atoms with van der Waals surface area (Å²) in [5, 5.41) is 26.4. The molecule has 0 spiro atoms. The summed E-state index contributed by atoms with van der Waals surface area (Å²) in [6, 6.07) is 18.2. The largest absolute Gasteiger partial charge is 0.489 e. The Kier molecular flexibility index (Phi) is 6.68. The molecule has 0 amide bonds. The fraction of sp³-hybridized carbons (Fsp3) is 0.172. The number of rotatable bonds is 8. The van der Waals surface area contributed by atoms with Crippen LogP contribution in [0, 0.1) is 0 Å². The molecule has 0 aliphatic heterocycles. The fourth-order valence-corrected chi connectivity index (χ4v) is 4.95. The predicted octanol–water partition coefficient (Wildman–Crippen LogP) is 7.43. The van der Waals surface area contributed by atoms with Gasteiger partial charge in [-0.2, -0.15) is 0 Å². The lowest BCUT2D eigenvalue weighted by atomic mass is 10.0. The van der Waals surface area contributed by atoms with Gasteiger partial charge in [0.05, 0.1) is 27.4 Å². The standard InChI is InChI=1S/C29H22Cl2N2O5/c30-23-2-1-3-24(31)26(23)27-22(28(38-33-27)16-4-5-16)15-36-19-8-6-18-13-20(9-7-17(18)12-19)37-25-14-32-11-10-21(25)29(34)35/h1-3,6-14,16,29,34-35H,4-5,15H2. The van der Waals surface area contributed by atoms with Crippen molar-refractivity contribution in [3.8, 4) is 28.5 Å². The van der Waals surface area contributed by atoms with E-state index in [1.54, 1.807) is 24.3 Å². The van der Waals surface area contributed by atoms with Crippen molar-refractivity contribution in [2.75, 3.05) is 0 Å². The van der Waals surface area contributed by atoms with E-state index in [-0.39, 0.29) is 17.9 Å². The van der Waals surface area contributed by atoms with E-state index in [1.165, 1.54) is 18.5 Å². The first-order valence-electron chi connectivity index (χ1n) is 12.1. The van der Waals surface area contributed by atoms with Crippen molar-refractivity contribution in [2.24, 2.45) is 0 Å². The van der Waals surface area contributed by atoms with Gasteiger partial charge in [-0.15, -0.1) is 0 Å². The molecular formula is C29H22Cl2N2O5. The maximum absolute atomic E-state index is 9.57. The summed E-state index contributed by atoms with van der Waals surface area (Å²) in [5.74, 6) is 2.65. The van der Waals surface area contributed by atoms with Crippen molar-refractivity contribution in [1.29, 1.82) is 0 Å². The number of hydrogen-bond acceptors (Lipinski definition) is 7. The third-order valence-electron chi connectivity index (χ3n) is 6.46. The molecule has 0 bridgehead atoms. The number of benzene rings is 3. The van der Waals surface area contributed by atoms with Gasteiger partial charge in [-0.25, -0.2) is 0 Å². The van der Waals surface area contributed by atoms with Gasteiger partial charge in [0.1, 0.15) is 29.6 Å². The first-order chi connectivity index (χ1) is 18.5. The first kappa shape index (κ1) is 24.7. The number of aliphatic hydroxyl groups is 2. The van der Waals surface area contributed by atoms with Crippen LogP contribution >= 0.6 is 23.2 Å². The van der Waals surface area contributed by atoms with Crippen molar-refractivity contribution in [2.45, 2.75) is 31.7 Å². The number of aromatic nitrogens is 2. The van der Waals surface area contributed by atoms with Gasteiger partial charge in [0, 0.05) is 17.7 Å². The SMILES string of the molecule is OC(O)c1ccncc1Oc1ccc2cc(OCc3c(-c4c(Cl)cccc4Cl)noc3C3CC3)ccc2c1. The van der Waals surface area contributed by atoms with Crippen LogP contribution in [0.4, 0.5) is 0 Å². The van der Waals surface area contributed by atoms with E-state index >= 15 is 0 Å². The lowest BCUT2D eigenvalue weighted by Gasteiger charge is -2.13. The summed E-state index contributed by atoms with van der Waals surface area (Å²) in [4.78, 5) is 4.01. The summed E-state index contributed by atoms with van der Waals surface area (Å²) >= 11 is 12.9. The zero-order chi connectivity index (χ0) is 26.2. The molecule has 2 aromatic heterocycles. The van der Waals surface area contributed by atoms with Gasteiger partial charge in [0.15, 0.2) is 12.0 Å². The van der Waals surface area contributed by atoms with Crippen LogP contribution in [0.15, 0.2) is 77.6 Å². The second-order valence-corrected chi connectivity index (χ2v) is 9.91. The van der Waals surface area contributed by atoms with Crippen molar-refractivity contribution in [1.82, 2.24) is 10.1 Å². The molecule has 2 N–H and O–H groups in total. The molecule has 1 fully saturated rings. The number of ether oxygens (including phenoxy) is 2. The highest BCUT2D eigenvalue weighted by molar-refractivity contribution is 6.39. The zero-order valence-corrected chi connectivity index (χ0v) is 21.5. The van der Waals surface area contributed by atoms with Gasteiger partial charge in [0.25, 0.3) is 0 Å². The van der Waals surface area contributed by atoms with Crippen LogP contribution in [0.25, 0.3) is 22.0 Å². The highest BCUT2D eigenvalue weighted by Gasteiger charge is 2.33. The molecule has 5 aromatic rings. The van der Waals surface area contributed by atoms with Crippen molar-refractivity contribution in [3.05, 3.63) is 100.0 Å². The molecule has 0 atom stereocenters. The third kappa shape index (κ3) is 4.93. The molecular weight excluding hydrogens is 527 g/mol. The summed E-state index contributed by atoms with van der Waals surface area (Å²) in [6.07, 6.45) is 3.36. The average Bonchev–Trinajstić information content (AvgIpc) is 3.67. The molecule has 7 nitrogen and oxygen atoms in total. The molecule has 0 unspecified atom stereocenters. The van der Waals surface area contributed by atoms with E-state index in [2.05, 4.69) is 10.1 Å². The zero-order valence-electron chi connectivity index (χ0n) is 20.0. The Morgan fingerprint density at radius 3 is 2.37 bits per heavy atom. The van der Waals surface area contributed by atoms with E-state index in [9.17, 15) is 10.2 Å². The lowest BCUT2D eigenvalue weighted by Crippen LogP contribution is -2.00. The van der Waals surface area contributed by atoms with Crippen molar-refractivity contribution >= 4 is 34.0 Å².